The van der Waals surface area contributed by atoms with Crippen molar-refractivity contribution in [2.75, 3.05) is 18.4 Å². The van der Waals surface area contributed by atoms with Crippen molar-refractivity contribution in [1.82, 2.24) is 4.90 Å². The van der Waals surface area contributed by atoms with E-state index in [2.05, 4.69) is 16.3 Å². The number of carbonyl (C=O) groups excluding carboxylic acids is 1. The lowest BCUT2D eigenvalue weighted by molar-refractivity contribution is 0.0793. The number of para-hydroxylation sites is 1. The van der Waals surface area contributed by atoms with E-state index < -0.39 is 0 Å². The van der Waals surface area contributed by atoms with Gasteiger partial charge in [0.15, 0.2) is 0 Å². The number of aryl methyl sites for hydroxylation is 1. The molecule has 2 aromatic rings. The lowest BCUT2D eigenvalue weighted by Gasteiger charge is -2.30. The topological polar surface area (TPSA) is 52.6 Å². The number of likely N-dealkylation sites (tertiary alicyclic amines) is 1. The maximum Gasteiger partial charge on any atom is 0.265 e. The number of nitrogens with zero attached hydrogens (tertiary/aromatic N) is 1. The van der Waals surface area contributed by atoms with Gasteiger partial charge in [-0.15, -0.1) is 11.3 Å². The van der Waals surface area contributed by atoms with Crippen LogP contribution < -0.4 is 5.32 Å². The summed E-state index contributed by atoms with van der Waals surface area (Å²) in [5.41, 5.74) is 1.99. The molecule has 0 atom stereocenters. The molecule has 1 saturated heterocycles. The molecule has 1 amide bonds. The largest absolute Gasteiger partial charge is 0.393 e. The Morgan fingerprint density at radius 2 is 2.00 bits per heavy atom. The highest BCUT2D eigenvalue weighted by atomic mass is 32.1. The van der Waals surface area contributed by atoms with Crippen LogP contribution in [0.3, 0.4) is 0 Å². The van der Waals surface area contributed by atoms with Gasteiger partial charge in [-0.3, -0.25) is 9.69 Å². The summed E-state index contributed by atoms with van der Waals surface area (Å²) in [5, 5.41) is 12.6. The Labute approximate surface area is 140 Å². The van der Waals surface area contributed by atoms with Gasteiger partial charge in [0.25, 0.3) is 5.91 Å². The Bertz CT molecular complexity index is 675. The minimum Gasteiger partial charge on any atom is -0.393 e. The van der Waals surface area contributed by atoms with Gasteiger partial charge in [-0.1, -0.05) is 18.2 Å². The zero-order chi connectivity index (χ0) is 16.2. The van der Waals surface area contributed by atoms with Crippen LogP contribution in [0.4, 0.5) is 5.69 Å². The molecule has 5 heteroatoms. The molecule has 122 valence electrons. The molecule has 2 N–H and O–H groups in total. The van der Waals surface area contributed by atoms with Crippen molar-refractivity contribution in [3.8, 4) is 0 Å². The van der Waals surface area contributed by atoms with Gasteiger partial charge >= 0.3 is 0 Å². The number of hydrogen-bond donors (Lipinski definition) is 2. The standard InChI is InChI=1S/C18H22N2O2S/c1-13-6-7-17(23-13)18(22)19-16-5-3-2-4-14(16)12-20-10-8-15(21)9-11-20/h2-7,15,21H,8-12H2,1H3,(H,19,22). The quantitative estimate of drug-likeness (QED) is 0.905. The summed E-state index contributed by atoms with van der Waals surface area (Å²) in [6.07, 6.45) is 1.48. The number of aliphatic hydroxyl groups excluding tert-OH is 1. The number of benzene rings is 1. The predicted molar refractivity (Wildman–Crippen MR) is 94.0 cm³/mol. The van der Waals surface area contributed by atoms with Gasteiger partial charge in [-0.2, -0.15) is 0 Å². The number of amides is 1. The van der Waals surface area contributed by atoms with E-state index in [4.69, 9.17) is 0 Å². The molecule has 0 unspecified atom stereocenters. The van der Waals surface area contributed by atoms with Crippen molar-refractivity contribution < 1.29 is 9.90 Å². The van der Waals surface area contributed by atoms with E-state index in [1.54, 1.807) is 0 Å². The van der Waals surface area contributed by atoms with Gasteiger partial charge in [0.05, 0.1) is 11.0 Å². The highest BCUT2D eigenvalue weighted by Gasteiger charge is 2.18. The lowest BCUT2D eigenvalue weighted by atomic mass is 10.1. The van der Waals surface area contributed by atoms with E-state index in [1.807, 2.05) is 37.3 Å². The van der Waals surface area contributed by atoms with E-state index in [1.165, 1.54) is 11.3 Å². The molecule has 0 aliphatic carbocycles. The van der Waals surface area contributed by atoms with Crippen LogP contribution in [-0.4, -0.2) is 35.1 Å². The zero-order valence-corrected chi connectivity index (χ0v) is 14.1. The Kier molecular flexibility index (Phi) is 5.10. The molecule has 1 aromatic carbocycles. The summed E-state index contributed by atoms with van der Waals surface area (Å²) in [5.74, 6) is -0.0513. The monoisotopic (exact) mass is 330 g/mol. The molecule has 1 aliphatic rings. The number of hydrogen-bond acceptors (Lipinski definition) is 4. The van der Waals surface area contributed by atoms with Crippen LogP contribution in [0.2, 0.25) is 0 Å². The fourth-order valence-electron chi connectivity index (χ4n) is 2.84. The second-order valence-electron chi connectivity index (χ2n) is 6.03. The van der Waals surface area contributed by atoms with Crippen LogP contribution in [0.1, 0.15) is 33.0 Å². The summed E-state index contributed by atoms with van der Waals surface area (Å²) in [4.78, 5) is 16.6. The minimum absolute atomic E-state index is 0.0513. The molecule has 1 fully saturated rings. The lowest BCUT2D eigenvalue weighted by Crippen LogP contribution is -2.35. The molecular weight excluding hydrogens is 308 g/mol. The molecule has 1 aromatic heterocycles. The van der Waals surface area contributed by atoms with Crippen LogP contribution >= 0.6 is 11.3 Å². The Morgan fingerprint density at radius 3 is 2.70 bits per heavy atom. The second kappa shape index (κ2) is 7.25. The van der Waals surface area contributed by atoms with Gasteiger partial charge < -0.3 is 10.4 Å². The number of rotatable bonds is 4. The highest BCUT2D eigenvalue weighted by Crippen LogP contribution is 2.22. The van der Waals surface area contributed by atoms with Crippen LogP contribution in [0.15, 0.2) is 36.4 Å². The normalized spacial score (nSPS) is 16.4. The van der Waals surface area contributed by atoms with Crippen molar-refractivity contribution in [1.29, 1.82) is 0 Å². The van der Waals surface area contributed by atoms with Crippen LogP contribution in [0.25, 0.3) is 0 Å². The summed E-state index contributed by atoms with van der Waals surface area (Å²) in [6, 6.07) is 11.8. The van der Waals surface area contributed by atoms with Gasteiger partial charge in [-0.05, 0) is 43.5 Å². The number of anilines is 1. The Morgan fingerprint density at radius 1 is 1.26 bits per heavy atom. The fraction of sp³-hybridized carbons (Fsp3) is 0.389. The van der Waals surface area contributed by atoms with Crippen molar-refractivity contribution in [3.05, 3.63) is 51.7 Å². The third-order valence-electron chi connectivity index (χ3n) is 4.18. The molecule has 0 radical (unpaired) electrons. The van der Waals surface area contributed by atoms with Gasteiger partial charge in [0, 0.05) is 30.2 Å². The first kappa shape index (κ1) is 16.2. The summed E-state index contributed by atoms with van der Waals surface area (Å²) < 4.78 is 0. The number of piperidine rings is 1. The smallest absolute Gasteiger partial charge is 0.265 e. The van der Waals surface area contributed by atoms with Crippen LogP contribution in [-0.2, 0) is 6.54 Å². The maximum absolute atomic E-state index is 12.4. The van der Waals surface area contributed by atoms with Crippen molar-refractivity contribution >= 4 is 22.9 Å². The number of nitrogens with one attached hydrogen (secondary N) is 1. The molecule has 2 heterocycles. The van der Waals surface area contributed by atoms with E-state index in [-0.39, 0.29) is 12.0 Å². The molecule has 1 aliphatic heterocycles. The first-order valence-corrected chi connectivity index (χ1v) is 8.79. The van der Waals surface area contributed by atoms with Gasteiger partial charge in [-0.25, -0.2) is 0 Å². The summed E-state index contributed by atoms with van der Waals surface area (Å²) in [7, 11) is 0. The summed E-state index contributed by atoms with van der Waals surface area (Å²) in [6.45, 7) is 4.59. The van der Waals surface area contributed by atoms with E-state index in [0.717, 1.165) is 53.5 Å². The van der Waals surface area contributed by atoms with Crippen molar-refractivity contribution in [3.63, 3.8) is 0 Å². The molecule has 0 saturated carbocycles. The number of aliphatic hydroxyl groups is 1. The first-order valence-electron chi connectivity index (χ1n) is 7.98. The highest BCUT2D eigenvalue weighted by molar-refractivity contribution is 7.14. The number of thiophene rings is 1. The van der Waals surface area contributed by atoms with E-state index >= 15 is 0 Å². The third-order valence-corrected chi connectivity index (χ3v) is 5.18. The third kappa shape index (κ3) is 4.19. The van der Waals surface area contributed by atoms with Crippen molar-refractivity contribution in [2.45, 2.75) is 32.4 Å². The molecule has 0 bridgehead atoms. The van der Waals surface area contributed by atoms with Gasteiger partial charge in [0.2, 0.25) is 0 Å². The Hall–Kier alpha value is -1.69. The van der Waals surface area contributed by atoms with E-state index in [0.29, 0.717) is 0 Å². The van der Waals surface area contributed by atoms with E-state index in [9.17, 15) is 9.90 Å². The Balaban J connectivity index is 1.69. The zero-order valence-electron chi connectivity index (χ0n) is 13.3. The van der Waals surface area contributed by atoms with Crippen LogP contribution in [0, 0.1) is 6.92 Å². The maximum atomic E-state index is 12.4. The first-order chi connectivity index (χ1) is 11.1. The molecular formula is C18H22N2O2S. The average Bonchev–Trinajstić information content (AvgIpc) is 2.98. The van der Waals surface area contributed by atoms with Gasteiger partial charge in [0.1, 0.15) is 0 Å². The fourth-order valence-corrected chi connectivity index (χ4v) is 3.60. The SMILES string of the molecule is Cc1ccc(C(=O)Nc2ccccc2CN2CCC(O)CC2)s1. The second-order valence-corrected chi connectivity index (χ2v) is 7.32. The predicted octanol–water partition coefficient (Wildman–Crippen LogP) is 3.27. The molecule has 23 heavy (non-hydrogen) atoms. The minimum atomic E-state index is -0.164. The van der Waals surface area contributed by atoms with Crippen LogP contribution in [0.5, 0.6) is 0 Å². The molecule has 3 rings (SSSR count). The average molecular weight is 330 g/mol. The summed E-state index contributed by atoms with van der Waals surface area (Å²) >= 11 is 1.51. The van der Waals surface area contributed by atoms with Crippen molar-refractivity contribution in [2.24, 2.45) is 0 Å². The number of carbonyl (C=O) groups is 1. The molecule has 0 spiro atoms. The molecule has 4 nitrogen and oxygen atoms in total.